The summed E-state index contributed by atoms with van der Waals surface area (Å²) in [6, 6.07) is 0.548. The van der Waals surface area contributed by atoms with Gasteiger partial charge in [0, 0.05) is 18.6 Å². The van der Waals surface area contributed by atoms with Gasteiger partial charge in [0.25, 0.3) is 0 Å². The van der Waals surface area contributed by atoms with Crippen molar-refractivity contribution in [1.29, 1.82) is 0 Å². The lowest BCUT2D eigenvalue weighted by Gasteiger charge is -2.30. The third-order valence-electron chi connectivity index (χ3n) is 4.76. The van der Waals surface area contributed by atoms with Crippen LogP contribution in [0.2, 0.25) is 0 Å². The highest BCUT2D eigenvalue weighted by Crippen LogP contribution is 2.27. The van der Waals surface area contributed by atoms with Crippen molar-refractivity contribution in [3.05, 3.63) is 0 Å². The topological polar surface area (TPSA) is 69.6 Å². The number of urea groups is 1. The molecule has 0 aromatic rings. The molecule has 1 saturated carbocycles. The fraction of sp³-hybridized carbons (Fsp3) is 0.867. The van der Waals surface area contributed by atoms with E-state index < -0.39 is 5.97 Å². The molecule has 1 aliphatic heterocycles. The van der Waals surface area contributed by atoms with Crippen molar-refractivity contribution in [2.45, 2.75) is 64.5 Å². The maximum absolute atomic E-state index is 12.3. The normalized spacial score (nSPS) is 34.0. The Morgan fingerprint density at radius 1 is 1.25 bits per heavy atom. The van der Waals surface area contributed by atoms with Crippen molar-refractivity contribution in [2.24, 2.45) is 11.8 Å². The van der Waals surface area contributed by atoms with Crippen molar-refractivity contribution in [1.82, 2.24) is 10.2 Å². The highest BCUT2D eigenvalue weighted by molar-refractivity contribution is 5.75. The van der Waals surface area contributed by atoms with Crippen LogP contribution in [-0.4, -0.2) is 40.6 Å². The second-order valence-electron chi connectivity index (χ2n) is 6.39. The quantitative estimate of drug-likeness (QED) is 0.835. The number of carboxylic acid groups (broad SMARTS) is 1. The minimum atomic E-state index is -0.700. The number of aliphatic carboxylic acids is 1. The van der Waals surface area contributed by atoms with Gasteiger partial charge in [0.2, 0.25) is 0 Å². The Labute approximate surface area is 120 Å². The van der Waals surface area contributed by atoms with E-state index in [0.717, 1.165) is 32.2 Å². The number of carboxylic acids is 1. The van der Waals surface area contributed by atoms with Crippen LogP contribution in [-0.2, 0) is 4.79 Å². The lowest BCUT2D eigenvalue weighted by Crippen LogP contribution is -2.48. The number of nitrogens with one attached hydrogen (secondary N) is 1. The fourth-order valence-corrected chi connectivity index (χ4v) is 3.53. The third-order valence-corrected chi connectivity index (χ3v) is 4.76. The van der Waals surface area contributed by atoms with E-state index in [-0.39, 0.29) is 18.0 Å². The summed E-state index contributed by atoms with van der Waals surface area (Å²) in [5.41, 5.74) is 0. The first-order valence-corrected chi connectivity index (χ1v) is 7.81. The average Bonchev–Trinajstić information content (AvgIpc) is 2.80. The lowest BCUT2D eigenvalue weighted by molar-refractivity contribution is -0.142. The standard InChI is InChI=1S/C15H26N2O3/c1-3-13-8-10(2)9-17(13)15(20)16-12-6-4-11(5-7-12)14(18)19/h10-13H,3-9H2,1-2H3,(H,16,20)(H,18,19). The van der Waals surface area contributed by atoms with E-state index in [2.05, 4.69) is 19.2 Å². The van der Waals surface area contributed by atoms with Gasteiger partial charge in [0.05, 0.1) is 5.92 Å². The molecule has 2 aliphatic rings. The van der Waals surface area contributed by atoms with Crippen molar-refractivity contribution < 1.29 is 14.7 Å². The Balaban J connectivity index is 1.82. The molecular weight excluding hydrogens is 256 g/mol. The van der Waals surface area contributed by atoms with Gasteiger partial charge in [-0.3, -0.25) is 4.79 Å². The van der Waals surface area contributed by atoms with E-state index in [1.165, 1.54) is 0 Å². The molecular formula is C15H26N2O3. The van der Waals surface area contributed by atoms with Gasteiger partial charge in [-0.1, -0.05) is 13.8 Å². The zero-order chi connectivity index (χ0) is 14.7. The van der Waals surface area contributed by atoms with Crippen LogP contribution in [0.25, 0.3) is 0 Å². The highest BCUT2D eigenvalue weighted by Gasteiger charge is 2.33. The summed E-state index contributed by atoms with van der Waals surface area (Å²) in [6.45, 7) is 5.16. The molecule has 0 spiro atoms. The van der Waals surface area contributed by atoms with E-state index >= 15 is 0 Å². The van der Waals surface area contributed by atoms with Crippen molar-refractivity contribution in [2.75, 3.05) is 6.54 Å². The van der Waals surface area contributed by atoms with Gasteiger partial charge in [-0.15, -0.1) is 0 Å². The Kier molecular flexibility index (Phi) is 4.89. The first-order chi connectivity index (χ1) is 9.51. The fourth-order valence-electron chi connectivity index (χ4n) is 3.53. The predicted molar refractivity (Wildman–Crippen MR) is 76.5 cm³/mol. The van der Waals surface area contributed by atoms with E-state index in [0.29, 0.717) is 24.8 Å². The van der Waals surface area contributed by atoms with E-state index in [1.807, 2.05) is 4.90 Å². The molecule has 2 unspecified atom stereocenters. The van der Waals surface area contributed by atoms with Crippen LogP contribution in [0, 0.1) is 11.8 Å². The predicted octanol–water partition coefficient (Wildman–Crippen LogP) is 2.46. The summed E-state index contributed by atoms with van der Waals surface area (Å²) < 4.78 is 0. The summed E-state index contributed by atoms with van der Waals surface area (Å²) in [6.07, 6.45) is 5.01. The molecule has 114 valence electrons. The van der Waals surface area contributed by atoms with Gasteiger partial charge < -0.3 is 15.3 Å². The van der Waals surface area contributed by atoms with Crippen LogP contribution in [0.4, 0.5) is 4.79 Å². The monoisotopic (exact) mass is 282 g/mol. The van der Waals surface area contributed by atoms with Crippen LogP contribution < -0.4 is 5.32 Å². The molecule has 1 aliphatic carbocycles. The molecule has 0 bridgehead atoms. The molecule has 5 nitrogen and oxygen atoms in total. The maximum Gasteiger partial charge on any atom is 0.317 e. The third kappa shape index (κ3) is 3.44. The van der Waals surface area contributed by atoms with Gasteiger partial charge in [-0.05, 0) is 44.4 Å². The van der Waals surface area contributed by atoms with Gasteiger partial charge in [0.15, 0.2) is 0 Å². The molecule has 2 rings (SSSR count). The van der Waals surface area contributed by atoms with Gasteiger partial charge in [-0.2, -0.15) is 0 Å². The Hall–Kier alpha value is -1.26. The lowest BCUT2D eigenvalue weighted by atomic mass is 9.86. The number of hydrogen-bond donors (Lipinski definition) is 2. The molecule has 2 amide bonds. The van der Waals surface area contributed by atoms with Crippen LogP contribution in [0.5, 0.6) is 0 Å². The Bertz CT molecular complexity index is 364. The zero-order valence-electron chi connectivity index (χ0n) is 12.5. The molecule has 0 radical (unpaired) electrons. The summed E-state index contributed by atoms with van der Waals surface area (Å²) in [5, 5.41) is 12.1. The zero-order valence-corrected chi connectivity index (χ0v) is 12.5. The first kappa shape index (κ1) is 15.1. The number of carbonyl (C=O) groups excluding carboxylic acids is 1. The van der Waals surface area contributed by atoms with E-state index in [9.17, 15) is 9.59 Å². The Morgan fingerprint density at radius 3 is 2.45 bits per heavy atom. The Morgan fingerprint density at radius 2 is 1.90 bits per heavy atom. The minimum absolute atomic E-state index is 0.0416. The molecule has 2 fully saturated rings. The maximum atomic E-state index is 12.3. The second kappa shape index (κ2) is 6.46. The van der Waals surface area contributed by atoms with Crippen LogP contribution >= 0.6 is 0 Å². The minimum Gasteiger partial charge on any atom is -0.481 e. The van der Waals surface area contributed by atoms with Crippen molar-refractivity contribution >= 4 is 12.0 Å². The first-order valence-electron chi connectivity index (χ1n) is 7.81. The average molecular weight is 282 g/mol. The van der Waals surface area contributed by atoms with E-state index in [4.69, 9.17) is 5.11 Å². The number of nitrogens with zero attached hydrogens (tertiary/aromatic N) is 1. The summed E-state index contributed by atoms with van der Waals surface area (Å²) in [7, 11) is 0. The molecule has 2 N–H and O–H groups in total. The van der Waals surface area contributed by atoms with Gasteiger partial charge >= 0.3 is 12.0 Å². The summed E-state index contributed by atoms with van der Waals surface area (Å²) in [5.74, 6) is -0.346. The SMILES string of the molecule is CCC1CC(C)CN1C(=O)NC1CCC(C(=O)O)CC1. The number of rotatable bonds is 3. The molecule has 0 aromatic heterocycles. The highest BCUT2D eigenvalue weighted by atomic mass is 16.4. The molecule has 5 heteroatoms. The number of carbonyl (C=O) groups is 2. The molecule has 1 saturated heterocycles. The number of amides is 2. The van der Waals surface area contributed by atoms with Gasteiger partial charge in [0.1, 0.15) is 0 Å². The molecule has 20 heavy (non-hydrogen) atoms. The van der Waals surface area contributed by atoms with Crippen LogP contribution in [0.1, 0.15) is 52.4 Å². The van der Waals surface area contributed by atoms with Crippen LogP contribution in [0.15, 0.2) is 0 Å². The molecule has 1 heterocycles. The largest absolute Gasteiger partial charge is 0.481 e. The van der Waals surface area contributed by atoms with Crippen molar-refractivity contribution in [3.63, 3.8) is 0 Å². The number of hydrogen-bond acceptors (Lipinski definition) is 2. The van der Waals surface area contributed by atoms with Crippen molar-refractivity contribution in [3.8, 4) is 0 Å². The smallest absolute Gasteiger partial charge is 0.317 e. The van der Waals surface area contributed by atoms with E-state index in [1.54, 1.807) is 0 Å². The molecule has 0 aromatic carbocycles. The van der Waals surface area contributed by atoms with Crippen LogP contribution in [0.3, 0.4) is 0 Å². The number of likely N-dealkylation sites (tertiary alicyclic amines) is 1. The summed E-state index contributed by atoms with van der Waals surface area (Å²) in [4.78, 5) is 25.2. The second-order valence-corrected chi connectivity index (χ2v) is 6.39. The molecule has 2 atom stereocenters. The van der Waals surface area contributed by atoms with Gasteiger partial charge in [-0.25, -0.2) is 4.79 Å². The summed E-state index contributed by atoms with van der Waals surface area (Å²) >= 11 is 0.